The number of thiazole rings is 1. The summed E-state index contributed by atoms with van der Waals surface area (Å²) in [5.74, 6) is 0.0326. The van der Waals surface area contributed by atoms with Crippen molar-refractivity contribution in [2.45, 2.75) is 19.9 Å². The van der Waals surface area contributed by atoms with Gasteiger partial charge in [-0.2, -0.15) is 0 Å². The van der Waals surface area contributed by atoms with Gasteiger partial charge in [-0.3, -0.25) is 4.79 Å². The van der Waals surface area contributed by atoms with Gasteiger partial charge in [-0.15, -0.1) is 11.3 Å². The number of carbonyl (C=O) groups excluding carboxylic acids is 1. The molecule has 1 aromatic carbocycles. The van der Waals surface area contributed by atoms with Crippen LogP contribution in [0.2, 0.25) is 5.02 Å². The van der Waals surface area contributed by atoms with Gasteiger partial charge in [0.05, 0.1) is 12.2 Å². The number of hydrogen-bond acceptors (Lipinski definition) is 4. The lowest BCUT2D eigenvalue weighted by atomic mass is 10.1. The first kappa shape index (κ1) is 15.9. The largest absolute Gasteiger partial charge is 0.350 e. The van der Waals surface area contributed by atoms with Gasteiger partial charge in [-0.05, 0) is 26.1 Å². The van der Waals surface area contributed by atoms with Crippen molar-refractivity contribution >= 4 is 28.8 Å². The molecule has 0 unspecified atom stereocenters. The van der Waals surface area contributed by atoms with Crippen molar-refractivity contribution in [2.24, 2.45) is 0 Å². The molecule has 6 heteroatoms. The van der Waals surface area contributed by atoms with Crippen molar-refractivity contribution in [1.82, 2.24) is 15.6 Å². The van der Waals surface area contributed by atoms with E-state index in [0.717, 1.165) is 21.1 Å². The van der Waals surface area contributed by atoms with Crippen LogP contribution in [-0.4, -0.2) is 24.5 Å². The third-order valence-electron chi connectivity index (χ3n) is 3.00. The Bertz CT molecular complexity index is 610. The minimum atomic E-state index is 0.0326. The van der Waals surface area contributed by atoms with Crippen LogP contribution in [-0.2, 0) is 11.3 Å². The van der Waals surface area contributed by atoms with E-state index in [4.69, 9.17) is 11.6 Å². The second-order valence-corrected chi connectivity index (χ2v) is 6.37. The van der Waals surface area contributed by atoms with Gasteiger partial charge in [0.15, 0.2) is 0 Å². The Morgan fingerprint density at radius 2 is 2.05 bits per heavy atom. The third-order valence-corrected chi connectivity index (χ3v) is 4.22. The van der Waals surface area contributed by atoms with Crippen molar-refractivity contribution < 1.29 is 4.79 Å². The number of rotatable bonds is 6. The van der Waals surface area contributed by atoms with Crippen molar-refractivity contribution in [3.63, 3.8) is 0 Å². The van der Waals surface area contributed by atoms with Crippen molar-refractivity contribution in [3.8, 4) is 11.3 Å². The molecule has 2 rings (SSSR count). The van der Waals surface area contributed by atoms with Crippen LogP contribution < -0.4 is 10.6 Å². The second-order valence-electron chi connectivity index (χ2n) is 4.65. The maximum atomic E-state index is 11.6. The van der Waals surface area contributed by atoms with Crippen molar-refractivity contribution in [3.05, 3.63) is 39.2 Å². The Hall–Kier alpha value is -1.43. The summed E-state index contributed by atoms with van der Waals surface area (Å²) in [5, 5.41) is 7.46. The number of carbonyl (C=O) groups is 1. The SMILES string of the molecule is CNCCC(=O)NCc1nc(-c2ccc(Cl)cc2)c(C)s1. The maximum Gasteiger partial charge on any atom is 0.221 e. The molecule has 0 saturated heterocycles. The Kier molecular flexibility index (Phi) is 5.73. The van der Waals surface area contributed by atoms with Gasteiger partial charge in [-0.25, -0.2) is 4.98 Å². The molecule has 1 aromatic heterocycles. The first-order chi connectivity index (χ1) is 10.1. The number of aryl methyl sites for hydroxylation is 1. The quantitative estimate of drug-likeness (QED) is 0.859. The van der Waals surface area contributed by atoms with E-state index in [0.29, 0.717) is 24.5 Å². The molecule has 0 radical (unpaired) electrons. The number of benzene rings is 1. The monoisotopic (exact) mass is 323 g/mol. The van der Waals surface area contributed by atoms with Gasteiger partial charge in [0.25, 0.3) is 0 Å². The molecular weight excluding hydrogens is 306 g/mol. The van der Waals surface area contributed by atoms with E-state index in [1.165, 1.54) is 0 Å². The van der Waals surface area contributed by atoms with Gasteiger partial charge in [0, 0.05) is 28.4 Å². The van der Waals surface area contributed by atoms with Crippen LogP contribution in [0.4, 0.5) is 0 Å². The van der Waals surface area contributed by atoms with Crippen molar-refractivity contribution in [2.75, 3.05) is 13.6 Å². The molecule has 0 aliphatic carbocycles. The molecule has 0 bridgehead atoms. The molecule has 0 aliphatic heterocycles. The smallest absolute Gasteiger partial charge is 0.221 e. The number of nitrogens with zero attached hydrogens (tertiary/aromatic N) is 1. The van der Waals surface area contributed by atoms with E-state index in [1.54, 1.807) is 11.3 Å². The molecule has 0 aliphatic rings. The summed E-state index contributed by atoms with van der Waals surface area (Å²) in [7, 11) is 1.83. The standard InChI is InChI=1S/C15H18ClN3OS/c1-10-15(11-3-5-12(16)6-4-11)19-14(21-10)9-18-13(20)7-8-17-2/h3-6,17H,7-9H2,1-2H3,(H,18,20). The molecule has 1 heterocycles. The lowest BCUT2D eigenvalue weighted by molar-refractivity contribution is -0.121. The van der Waals surface area contributed by atoms with Crippen LogP contribution in [0.5, 0.6) is 0 Å². The van der Waals surface area contributed by atoms with Crippen LogP contribution >= 0.6 is 22.9 Å². The summed E-state index contributed by atoms with van der Waals surface area (Å²) in [4.78, 5) is 17.3. The normalized spacial score (nSPS) is 10.6. The van der Waals surface area contributed by atoms with Gasteiger partial charge in [0.2, 0.25) is 5.91 Å². The summed E-state index contributed by atoms with van der Waals surface area (Å²) in [5.41, 5.74) is 2.00. The lowest BCUT2D eigenvalue weighted by Gasteiger charge is -2.02. The van der Waals surface area contributed by atoms with E-state index in [2.05, 4.69) is 15.6 Å². The molecule has 0 spiro atoms. The van der Waals surface area contributed by atoms with Crippen LogP contribution in [0.1, 0.15) is 16.3 Å². The Labute approximate surface area is 133 Å². The number of aromatic nitrogens is 1. The molecule has 0 atom stereocenters. The topological polar surface area (TPSA) is 54.0 Å². The molecule has 2 N–H and O–H groups in total. The zero-order chi connectivity index (χ0) is 15.2. The number of amides is 1. The number of halogens is 1. The number of nitrogens with one attached hydrogen (secondary N) is 2. The fourth-order valence-electron chi connectivity index (χ4n) is 1.90. The van der Waals surface area contributed by atoms with E-state index in [9.17, 15) is 4.79 Å². The van der Waals surface area contributed by atoms with E-state index >= 15 is 0 Å². The fourth-order valence-corrected chi connectivity index (χ4v) is 2.92. The van der Waals surface area contributed by atoms with Crippen LogP contribution in [0, 0.1) is 6.92 Å². The first-order valence-electron chi connectivity index (χ1n) is 6.73. The highest BCUT2D eigenvalue weighted by molar-refractivity contribution is 7.12. The van der Waals surface area contributed by atoms with Crippen molar-refractivity contribution in [1.29, 1.82) is 0 Å². The fraction of sp³-hybridized carbons (Fsp3) is 0.333. The molecule has 0 fully saturated rings. The van der Waals surface area contributed by atoms with Gasteiger partial charge < -0.3 is 10.6 Å². The molecule has 0 saturated carbocycles. The highest BCUT2D eigenvalue weighted by Gasteiger charge is 2.10. The molecule has 112 valence electrons. The zero-order valence-corrected chi connectivity index (χ0v) is 13.6. The maximum absolute atomic E-state index is 11.6. The highest BCUT2D eigenvalue weighted by Crippen LogP contribution is 2.28. The highest BCUT2D eigenvalue weighted by atomic mass is 35.5. The first-order valence-corrected chi connectivity index (χ1v) is 7.93. The van der Waals surface area contributed by atoms with Gasteiger partial charge in [0.1, 0.15) is 5.01 Å². The van der Waals surface area contributed by atoms with E-state index in [1.807, 2.05) is 38.2 Å². The summed E-state index contributed by atoms with van der Waals surface area (Å²) < 4.78 is 0. The summed E-state index contributed by atoms with van der Waals surface area (Å²) >= 11 is 7.50. The summed E-state index contributed by atoms with van der Waals surface area (Å²) in [6, 6.07) is 7.63. The Morgan fingerprint density at radius 3 is 2.71 bits per heavy atom. The lowest BCUT2D eigenvalue weighted by Crippen LogP contribution is -2.25. The zero-order valence-electron chi connectivity index (χ0n) is 12.1. The summed E-state index contributed by atoms with van der Waals surface area (Å²) in [6.45, 7) is 3.19. The predicted octanol–water partition coefficient (Wildman–Crippen LogP) is 3.00. The van der Waals surface area contributed by atoms with Gasteiger partial charge in [-0.1, -0.05) is 23.7 Å². The van der Waals surface area contributed by atoms with Crippen LogP contribution in [0.25, 0.3) is 11.3 Å². The van der Waals surface area contributed by atoms with E-state index in [-0.39, 0.29) is 5.91 Å². The molecule has 2 aromatic rings. The third kappa shape index (κ3) is 4.52. The minimum Gasteiger partial charge on any atom is -0.350 e. The number of hydrogen-bond donors (Lipinski definition) is 2. The van der Waals surface area contributed by atoms with Crippen LogP contribution in [0.3, 0.4) is 0 Å². The van der Waals surface area contributed by atoms with Gasteiger partial charge >= 0.3 is 0 Å². The Morgan fingerprint density at radius 1 is 1.33 bits per heavy atom. The summed E-state index contributed by atoms with van der Waals surface area (Å²) in [6.07, 6.45) is 0.477. The molecule has 1 amide bonds. The second kappa shape index (κ2) is 7.54. The average molecular weight is 324 g/mol. The average Bonchev–Trinajstić information content (AvgIpc) is 2.85. The minimum absolute atomic E-state index is 0.0326. The Balaban J connectivity index is 2.02. The molecule has 4 nitrogen and oxygen atoms in total. The van der Waals surface area contributed by atoms with Crippen LogP contribution in [0.15, 0.2) is 24.3 Å². The molecule has 21 heavy (non-hydrogen) atoms. The van der Waals surface area contributed by atoms with E-state index < -0.39 is 0 Å². The predicted molar refractivity (Wildman–Crippen MR) is 87.7 cm³/mol. The molecular formula is C15H18ClN3OS.